The van der Waals surface area contributed by atoms with Gasteiger partial charge in [-0.1, -0.05) is 119 Å². The molecule has 0 aromatic rings. The lowest BCUT2D eigenvalue weighted by Gasteiger charge is -2.28. The highest BCUT2D eigenvalue weighted by molar-refractivity contribution is 7.45. The minimum atomic E-state index is -4.70. The van der Waals surface area contributed by atoms with E-state index in [1.165, 1.54) is 44.6 Å². The molecule has 0 heterocycles. The number of ether oxygens (including phenoxy) is 2. The molecular weight excluding hydrogens is 741 g/mol. The van der Waals surface area contributed by atoms with E-state index in [-0.39, 0.29) is 44.7 Å². The van der Waals surface area contributed by atoms with Crippen LogP contribution in [0.4, 0.5) is 0 Å². The molecule has 0 saturated carbocycles. The minimum absolute atomic E-state index is 0.0772. The third-order valence-corrected chi connectivity index (χ3v) is 9.33. The average Bonchev–Trinajstić information content (AvgIpc) is 3.15. The molecular formula is C46H76NO9P. The number of likely N-dealkylation sites (N-methyl/N-ethyl adjacent to an activating group) is 1. The van der Waals surface area contributed by atoms with E-state index in [4.69, 9.17) is 18.5 Å². The first kappa shape index (κ1) is 53.9. The van der Waals surface area contributed by atoms with Gasteiger partial charge in [-0.3, -0.25) is 18.9 Å². The van der Waals surface area contributed by atoms with Gasteiger partial charge in [0, 0.05) is 19.3 Å². The van der Waals surface area contributed by atoms with Crippen molar-refractivity contribution < 1.29 is 46.8 Å². The highest BCUT2D eigenvalue weighted by Gasteiger charge is 2.22. The number of hydrogen-bond donors (Lipinski definition) is 0. The van der Waals surface area contributed by atoms with Crippen molar-refractivity contribution in [1.82, 2.24) is 0 Å². The zero-order valence-electron chi connectivity index (χ0n) is 36.0. The first-order valence-corrected chi connectivity index (χ1v) is 22.7. The minimum Gasteiger partial charge on any atom is -0.756 e. The van der Waals surface area contributed by atoms with Gasteiger partial charge in [-0.15, -0.1) is 0 Å². The first-order valence-electron chi connectivity index (χ1n) is 21.2. The Kier molecular flexibility index (Phi) is 35.1. The van der Waals surface area contributed by atoms with Crippen molar-refractivity contribution >= 4 is 25.5 Å². The Labute approximate surface area is 346 Å². The fourth-order valence-corrected chi connectivity index (χ4v) is 5.69. The number of nitrogens with zero attached hydrogens (tertiary/aromatic N) is 1. The van der Waals surface area contributed by atoms with Crippen molar-refractivity contribution in [1.29, 1.82) is 0 Å². The van der Waals surface area contributed by atoms with Crippen LogP contribution in [0, 0.1) is 0 Å². The standard InChI is InChI=1S/C46H76NO9P/c1-6-8-10-12-14-16-18-20-21-23-25-27-29-31-33-37-45(49)53-41-44(42-55-57(51,52)54-40-39-47(3,4)5)56-46(50)38-34-36-43(48)35-32-30-28-26-24-22-19-17-15-13-11-9-7-2/h14-17,20-22,24-25,27-28,30,32,35,44H,6-13,18-19,23,26,29,31,33-34,36-42H2,1-5H3/b16-14-,17-15-,21-20-,24-22-,27-25-,30-28-,35-32+/t44-/m1/s1. The number of ketones is 1. The second-order valence-corrected chi connectivity index (χ2v) is 16.4. The van der Waals surface area contributed by atoms with Crippen LogP contribution in [-0.2, 0) is 37.5 Å². The van der Waals surface area contributed by atoms with Crippen molar-refractivity contribution in [2.75, 3.05) is 47.5 Å². The van der Waals surface area contributed by atoms with E-state index in [0.717, 1.165) is 51.4 Å². The average molecular weight is 818 g/mol. The molecule has 2 atom stereocenters. The van der Waals surface area contributed by atoms with Gasteiger partial charge < -0.3 is 27.9 Å². The number of carbonyl (C=O) groups excluding carboxylic acids is 3. The third kappa shape index (κ3) is 40.8. The summed E-state index contributed by atoms with van der Waals surface area (Å²) in [7, 11) is 0.983. The molecule has 0 saturated heterocycles. The smallest absolute Gasteiger partial charge is 0.306 e. The molecule has 11 heteroatoms. The first-order chi connectivity index (χ1) is 27.4. The fraction of sp³-hybridized carbons (Fsp3) is 0.630. The van der Waals surface area contributed by atoms with Gasteiger partial charge in [0.1, 0.15) is 19.8 Å². The molecule has 0 aliphatic carbocycles. The van der Waals surface area contributed by atoms with Gasteiger partial charge in [-0.2, -0.15) is 0 Å². The van der Waals surface area contributed by atoms with Crippen LogP contribution in [0.25, 0.3) is 0 Å². The van der Waals surface area contributed by atoms with Crippen molar-refractivity contribution in [3.05, 3.63) is 85.1 Å². The highest BCUT2D eigenvalue weighted by atomic mass is 31.2. The van der Waals surface area contributed by atoms with Gasteiger partial charge in [0.05, 0.1) is 27.7 Å². The topological polar surface area (TPSA) is 128 Å². The monoisotopic (exact) mass is 818 g/mol. The second kappa shape index (κ2) is 37.2. The molecule has 10 nitrogen and oxygen atoms in total. The number of rotatable bonds is 37. The lowest BCUT2D eigenvalue weighted by atomic mass is 10.1. The van der Waals surface area contributed by atoms with Crippen molar-refractivity contribution in [3.63, 3.8) is 0 Å². The van der Waals surface area contributed by atoms with Gasteiger partial charge in [-0.05, 0) is 83.1 Å². The Morgan fingerprint density at radius 2 is 1.11 bits per heavy atom. The van der Waals surface area contributed by atoms with E-state index in [9.17, 15) is 23.8 Å². The van der Waals surface area contributed by atoms with Crippen LogP contribution in [-0.4, -0.2) is 75.8 Å². The number of hydrogen-bond acceptors (Lipinski definition) is 9. The van der Waals surface area contributed by atoms with E-state index in [2.05, 4.69) is 74.6 Å². The van der Waals surface area contributed by atoms with E-state index < -0.39 is 32.5 Å². The van der Waals surface area contributed by atoms with Crippen LogP contribution in [0.15, 0.2) is 85.1 Å². The second-order valence-electron chi connectivity index (χ2n) is 15.0. The molecule has 57 heavy (non-hydrogen) atoms. The molecule has 0 radical (unpaired) electrons. The number of phosphoric acid groups is 1. The SMILES string of the molecule is CCCCC/C=C\C/C=C\C/C=C\C=C\C(=O)CCCC(=O)O[C@H](COC(=O)CCCC/C=C\C/C=C\C/C=C\CCCCC)COP(=O)([O-])OCC[N+](C)(C)C. The fourth-order valence-electron chi connectivity index (χ4n) is 4.96. The predicted molar refractivity (Wildman–Crippen MR) is 231 cm³/mol. The van der Waals surface area contributed by atoms with E-state index >= 15 is 0 Å². The molecule has 0 spiro atoms. The summed E-state index contributed by atoms with van der Waals surface area (Å²) < 4.78 is 33.5. The highest BCUT2D eigenvalue weighted by Crippen LogP contribution is 2.38. The van der Waals surface area contributed by atoms with Crippen molar-refractivity contribution in [3.8, 4) is 0 Å². The van der Waals surface area contributed by atoms with E-state index in [1.807, 2.05) is 33.3 Å². The molecule has 0 amide bonds. The molecule has 0 aliphatic rings. The molecule has 324 valence electrons. The molecule has 0 rings (SSSR count). The van der Waals surface area contributed by atoms with Gasteiger partial charge in [0.25, 0.3) is 7.82 Å². The van der Waals surface area contributed by atoms with Gasteiger partial charge in [0.15, 0.2) is 11.9 Å². The van der Waals surface area contributed by atoms with Crippen LogP contribution >= 0.6 is 7.82 Å². The van der Waals surface area contributed by atoms with Crippen LogP contribution in [0.1, 0.15) is 136 Å². The Morgan fingerprint density at radius 3 is 1.65 bits per heavy atom. The summed E-state index contributed by atoms with van der Waals surface area (Å²) in [4.78, 5) is 49.7. The van der Waals surface area contributed by atoms with Crippen LogP contribution in [0.5, 0.6) is 0 Å². The number of esters is 2. The van der Waals surface area contributed by atoms with Crippen LogP contribution in [0.3, 0.4) is 0 Å². The molecule has 0 aromatic heterocycles. The molecule has 0 fully saturated rings. The van der Waals surface area contributed by atoms with Gasteiger partial charge in [0.2, 0.25) is 0 Å². The summed E-state index contributed by atoms with van der Waals surface area (Å²) in [5.74, 6) is -1.28. The van der Waals surface area contributed by atoms with Gasteiger partial charge >= 0.3 is 11.9 Å². The van der Waals surface area contributed by atoms with Crippen LogP contribution in [0.2, 0.25) is 0 Å². The zero-order valence-corrected chi connectivity index (χ0v) is 36.9. The summed E-state index contributed by atoms with van der Waals surface area (Å²) in [5, 5.41) is 0. The number of quaternary nitrogens is 1. The summed E-state index contributed by atoms with van der Waals surface area (Å²) in [5.41, 5.74) is 0. The molecule has 1 unspecified atom stereocenters. The summed E-state index contributed by atoms with van der Waals surface area (Å²) in [6.45, 7) is 3.81. The summed E-state index contributed by atoms with van der Waals surface area (Å²) >= 11 is 0. The maximum atomic E-state index is 12.6. The van der Waals surface area contributed by atoms with E-state index in [0.29, 0.717) is 17.4 Å². The molecule has 0 aromatic carbocycles. The number of unbranched alkanes of at least 4 members (excludes halogenated alkanes) is 8. The Balaban J connectivity index is 4.68. The number of allylic oxidation sites excluding steroid dienone is 14. The number of phosphoric ester groups is 1. The Hall–Kier alpha value is -3.14. The predicted octanol–water partition coefficient (Wildman–Crippen LogP) is 10.6. The van der Waals surface area contributed by atoms with E-state index in [1.54, 1.807) is 6.08 Å². The van der Waals surface area contributed by atoms with Crippen molar-refractivity contribution in [2.24, 2.45) is 0 Å². The molecule has 0 aliphatic heterocycles. The molecule has 0 bridgehead atoms. The Bertz CT molecular complexity index is 1310. The van der Waals surface area contributed by atoms with Gasteiger partial charge in [-0.25, -0.2) is 0 Å². The normalized spacial score (nSPS) is 14.4. The maximum Gasteiger partial charge on any atom is 0.306 e. The summed E-state index contributed by atoms with van der Waals surface area (Å²) in [6.07, 6.45) is 43.4. The Morgan fingerprint density at radius 1 is 0.596 bits per heavy atom. The van der Waals surface area contributed by atoms with Crippen LogP contribution < -0.4 is 4.89 Å². The lowest BCUT2D eigenvalue weighted by molar-refractivity contribution is -0.870. The quantitative estimate of drug-likeness (QED) is 0.0114. The van der Waals surface area contributed by atoms with Crippen molar-refractivity contribution in [2.45, 2.75) is 142 Å². The molecule has 0 N–H and O–H groups in total. The largest absolute Gasteiger partial charge is 0.756 e. The maximum absolute atomic E-state index is 12.6. The third-order valence-electron chi connectivity index (χ3n) is 8.36. The lowest BCUT2D eigenvalue weighted by Crippen LogP contribution is -2.37. The summed E-state index contributed by atoms with van der Waals surface area (Å²) in [6, 6.07) is 0. The number of carbonyl (C=O) groups is 3. The zero-order chi connectivity index (χ0) is 42.3.